The van der Waals surface area contributed by atoms with Crippen molar-refractivity contribution in [3.63, 3.8) is 0 Å². The third-order valence-corrected chi connectivity index (χ3v) is 19.5. The molecule has 22 N–H and O–H groups in total. The van der Waals surface area contributed by atoms with Gasteiger partial charge in [-0.05, 0) is 72.4 Å². The minimum absolute atomic E-state index is 0. The summed E-state index contributed by atoms with van der Waals surface area (Å²) in [5.41, 5.74) is 13.3. The summed E-state index contributed by atoms with van der Waals surface area (Å²) in [6.07, 6.45) is 3.04. The second kappa shape index (κ2) is 49.1. The number of aromatic amines is 1. The Balaban J connectivity index is 0.0000240. The van der Waals surface area contributed by atoms with Gasteiger partial charge in [-0.15, -0.1) is 0 Å². The average Bonchev–Trinajstić information content (AvgIpc) is 1.64. The fourth-order valence-electron chi connectivity index (χ4n) is 13.5. The van der Waals surface area contributed by atoms with Crippen molar-refractivity contribution in [1.82, 2.24) is 72.4 Å². The molecule has 1 aliphatic carbocycles. The number of benzene rings is 3. The molecule has 1 aliphatic heterocycles. The summed E-state index contributed by atoms with van der Waals surface area (Å²) in [6.45, 7) is -0.184. The monoisotopic (exact) mass is 1680 g/mol. The number of carboxylic acids is 5. The largest absolute Gasteiger partial charge is 0.508 e. The number of guanidine groups is 1. The van der Waals surface area contributed by atoms with E-state index in [2.05, 4.69) is 57.8 Å². The predicted molar refractivity (Wildman–Crippen MR) is 415 cm³/mol. The molecule has 2 aliphatic rings. The third-order valence-electron chi connectivity index (χ3n) is 19.5. The van der Waals surface area contributed by atoms with Crippen molar-refractivity contribution >= 4 is 99.9 Å². The number of para-hydroxylation sites is 1. The minimum atomic E-state index is -1.90. The van der Waals surface area contributed by atoms with Crippen molar-refractivity contribution in [3.8, 4) is 5.75 Å². The molecular formula is C76H109CuN17O22. The number of H-pyrrole nitrogens is 1. The van der Waals surface area contributed by atoms with Crippen LogP contribution in [-0.2, 0) is 103 Å². The number of amides is 9. The smallest absolute Gasteiger partial charge is 0.328 e. The number of carbonyl (C=O) groups is 14. The van der Waals surface area contributed by atoms with E-state index in [0.29, 0.717) is 40.4 Å². The van der Waals surface area contributed by atoms with Gasteiger partial charge in [-0.25, -0.2) is 4.79 Å². The zero-order chi connectivity index (χ0) is 84.3. The van der Waals surface area contributed by atoms with E-state index in [4.69, 9.17) is 11.5 Å². The van der Waals surface area contributed by atoms with E-state index in [1.165, 1.54) is 34.1 Å². The maximum atomic E-state index is 15.0. The molecule has 1 radical (unpaired) electrons. The number of rotatable bonds is 44. The zero-order valence-electron chi connectivity index (χ0n) is 64.7. The van der Waals surface area contributed by atoms with Crippen molar-refractivity contribution in [3.05, 3.63) is 102 Å². The fraction of sp³-hybridized carbons (Fsp3) is 0.539. The second-order valence-electron chi connectivity index (χ2n) is 29.1. The molecule has 9 atom stereocenters. The number of phenols is 1. The first kappa shape index (κ1) is 95.7. The molecule has 3 aromatic carbocycles. The molecule has 0 bridgehead atoms. The maximum Gasteiger partial charge on any atom is 0.328 e. The Labute approximate surface area is 680 Å². The summed E-state index contributed by atoms with van der Waals surface area (Å²) in [6, 6.07) is 6.00. The van der Waals surface area contributed by atoms with E-state index >= 15 is 0 Å². The van der Waals surface area contributed by atoms with Gasteiger partial charge in [-0.1, -0.05) is 107 Å². The normalized spacial score (nSPS) is 16.5. The van der Waals surface area contributed by atoms with Crippen LogP contribution in [-0.4, -0.2) is 307 Å². The van der Waals surface area contributed by atoms with Crippen molar-refractivity contribution in [2.75, 3.05) is 98.3 Å². The average molecular weight is 1680 g/mol. The molecule has 3 unspecified atom stereocenters. The first-order valence-corrected chi connectivity index (χ1v) is 38.1. The number of nitrogens with one attached hydrogen (secondary N) is 10. The van der Waals surface area contributed by atoms with Crippen LogP contribution in [0.5, 0.6) is 5.75 Å². The zero-order valence-corrected chi connectivity index (χ0v) is 65.7. The van der Waals surface area contributed by atoms with Gasteiger partial charge in [-0.2, -0.15) is 0 Å². The summed E-state index contributed by atoms with van der Waals surface area (Å²) in [7, 11) is 0. The van der Waals surface area contributed by atoms with Gasteiger partial charge in [0.1, 0.15) is 60.1 Å². The predicted octanol–water partition coefficient (Wildman–Crippen LogP) is -3.65. The molecule has 1 saturated heterocycles. The van der Waals surface area contributed by atoms with E-state index in [9.17, 15) is 108 Å². The standard InChI is InChI=1S/C76H109N17O22.Cu/c1-45(2)32-54(68(107)87-58(72(111)89-61(44-95)75(114)115)36-49-38-80-52-17-10-9-16-51(49)52)83-69(108)57(35-48-19-21-50(96)22-20-48)84-67(106)53(18-11-23-79-76(77)78)82-74(113)60(43-94)88-71(110)56(34-47-14-7-4-8-15-47)85-70(109)55(33-46-12-5-3-6-13-46)86-73(112)59(37-63(98)99)81-62(97)39-90-24-26-91(40-64(100)101)28-30-93(42-66(104)105)31-29-92(27-25-90)41-65(102)103;/h4,7-10,14-17,19-22,38,45-46,53-61,80,94-96H,3,5-6,11-13,18,23-37,39-44H2,1-2H3,(H,81,97)(H,82,113)(H,83,108)(H,84,106)(H,85,109)(H,86,112)(H,87,107)(H,88,110)(H,89,111)(H,98,99)(H,100,101)(H,102,103)(H,104,105)(H,114,115)(H4,77,78,79);/t53?,54-,55-,56?,57-,58-,59+,60?,61-;/m0./s1/i;1+0. The van der Waals surface area contributed by atoms with Gasteiger partial charge in [0.2, 0.25) is 53.2 Å². The van der Waals surface area contributed by atoms with Crippen LogP contribution in [0.15, 0.2) is 90.1 Å². The van der Waals surface area contributed by atoms with E-state index in [-0.39, 0.29) is 144 Å². The Morgan fingerprint density at radius 3 is 1.37 bits per heavy atom. The number of aliphatic hydroxyl groups excluding tert-OH is 2. The third kappa shape index (κ3) is 33.9. The number of phenolic OH excluding ortho intramolecular Hbond substituents is 1. The molecule has 1 aromatic heterocycles. The van der Waals surface area contributed by atoms with Crippen LogP contribution < -0.4 is 59.3 Å². The first-order valence-electron chi connectivity index (χ1n) is 38.1. The van der Waals surface area contributed by atoms with Crippen LogP contribution in [0.1, 0.15) is 94.7 Å². The molecule has 4 aromatic rings. The molecule has 2 heterocycles. The molecular weight excluding hydrogens is 1570 g/mol. The number of aromatic nitrogens is 1. The molecule has 2 fully saturated rings. The summed E-state index contributed by atoms with van der Waals surface area (Å²) in [4.78, 5) is 205. The number of fused-ring (bicyclic) bond motifs is 1. The number of hydrogen-bond donors (Lipinski definition) is 20. The Bertz CT molecular complexity index is 3950. The van der Waals surface area contributed by atoms with Crippen LogP contribution in [0.3, 0.4) is 0 Å². The van der Waals surface area contributed by atoms with Crippen molar-refractivity contribution < 1.29 is 125 Å². The number of nitrogens with two attached hydrogens (primary N) is 2. The number of aromatic hydroxyl groups is 1. The van der Waals surface area contributed by atoms with Gasteiger partial charge >= 0.3 is 29.8 Å². The van der Waals surface area contributed by atoms with Crippen molar-refractivity contribution in [1.29, 1.82) is 0 Å². The fourth-order valence-corrected chi connectivity index (χ4v) is 13.5. The van der Waals surface area contributed by atoms with E-state index < -0.39 is 183 Å². The number of nitrogens with zero attached hydrogens (tertiary/aromatic N) is 5. The number of hydrogen-bond acceptors (Lipinski definition) is 22. The number of carbonyl (C=O) groups excluding carboxylic acids is 9. The Hall–Kier alpha value is -10.9. The van der Waals surface area contributed by atoms with E-state index in [0.717, 1.165) is 19.3 Å². The summed E-state index contributed by atoms with van der Waals surface area (Å²) >= 11 is 0. The molecule has 9 amide bonds. The quantitative estimate of drug-likeness (QED) is 0.00879. The molecule has 0 spiro atoms. The molecule has 116 heavy (non-hydrogen) atoms. The van der Waals surface area contributed by atoms with Gasteiger partial charge in [-0.3, -0.25) is 86.9 Å². The maximum absolute atomic E-state index is 15.0. The van der Waals surface area contributed by atoms with Crippen molar-refractivity contribution in [2.24, 2.45) is 28.3 Å². The minimum Gasteiger partial charge on any atom is -0.508 e. The number of aliphatic hydroxyl groups is 2. The number of carboxylic acid groups (broad SMARTS) is 5. The van der Waals surface area contributed by atoms with Gasteiger partial charge in [0.25, 0.3) is 0 Å². The van der Waals surface area contributed by atoms with Crippen LogP contribution in [0.2, 0.25) is 0 Å². The van der Waals surface area contributed by atoms with E-state index in [1.807, 2.05) is 0 Å². The second-order valence-corrected chi connectivity index (χ2v) is 29.1. The molecule has 39 nitrogen and oxygen atoms in total. The Morgan fingerprint density at radius 1 is 0.466 bits per heavy atom. The van der Waals surface area contributed by atoms with Gasteiger partial charge in [0.15, 0.2) is 5.96 Å². The molecule has 40 heteroatoms. The molecule has 641 valence electrons. The summed E-state index contributed by atoms with van der Waals surface area (Å²) < 4.78 is 0. The summed E-state index contributed by atoms with van der Waals surface area (Å²) in [5.74, 6) is -16.7. The number of aliphatic carboxylic acids is 5. The topological polar surface area (TPSA) is 602 Å². The van der Waals surface area contributed by atoms with Crippen LogP contribution in [0, 0.1) is 11.8 Å². The van der Waals surface area contributed by atoms with Crippen LogP contribution in [0.25, 0.3) is 10.9 Å². The Kier molecular flexibility index (Phi) is 40.5. The van der Waals surface area contributed by atoms with Crippen molar-refractivity contribution in [2.45, 2.75) is 152 Å². The van der Waals surface area contributed by atoms with Crippen LogP contribution >= 0.6 is 0 Å². The molecule has 1 saturated carbocycles. The Morgan fingerprint density at radius 2 is 0.879 bits per heavy atom. The van der Waals surface area contributed by atoms with Gasteiger partial charge < -0.3 is 105 Å². The molecule has 6 rings (SSSR count). The SMILES string of the molecule is CC(C)C[C@H](NC(=O)[C@H](Cc1ccc(O)cc1)NC(=O)C(CCCN=C(N)N)NC(=O)C(CO)NC(=O)C(Cc1ccccc1)NC(=O)[C@H](CC1CCCCC1)NC(=O)[C@@H](CC(=O)O)NC(=O)CN1CCN(CC(=O)O)CCN(CC(=O)O)CCN(CC(=O)O)CC1)C(=O)N[C@@H](Cc1c[nH]c2ccccc12)C(=O)N[C@@H](CO)C(=O)O.[64Cu]. The first-order chi connectivity index (χ1) is 54.7. The van der Waals surface area contributed by atoms with Crippen LogP contribution in [0.4, 0.5) is 0 Å². The van der Waals surface area contributed by atoms with Gasteiger partial charge in [0.05, 0.1) is 45.8 Å². The van der Waals surface area contributed by atoms with E-state index in [1.54, 1.807) is 84.4 Å². The number of aliphatic imine (C=N–C) groups is 1. The van der Waals surface area contributed by atoms with Gasteiger partial charge in [0, 0.05) is 112 Å². The summed E-state index contributed by atoms with van der Waals surface area (Å²) in [5, 5.41) is 104.